The smallest absolute Gasteiger partial charge is 0.347 e. The molecule has 0 atom stereocenters. The van der Waals surface area contributed by atoms with Gasteiger partial charge in [0.2, 0.25) is 5.60 Å². The summed E-state index contributed by atoms with van der Waals surface area (Å²) in [4.78, 5) is 17.9. The number of benzene rings is 2. The topological polar surface area (TPSA) is 42.0 Å². The summed E-state index contributed by atoms with van der Waals surface area (Å²) in [5.41, 5.74) is 0.275. The first-order valence-corrected chi connectivity index (χ1v) is 9.41. The third-order valence-electron chi connectivity index (χ3n) is 5.19. The van der Waals surface area contributed by atoms with Gasteiger partial charge in [0.1, 0.15) is 6.61 Å². The molecule has 1 heterocycles. The van der Waals surface area contributed by atoms with Gasteiger partial charge in [0.15, 0.2) is 0 Å². The maximum Gasteiger partial charge on any atom is 0.347 e. The van der Waals surface area contributed by atoms with E-state index in [0.717, 1.165) is 43.9 Å². The highest BCUT2D eigenvalue weighted by Crippen LogP contribution is 2.34. The molecule has 1 saturated heterocycles. The molecule has 5 nitrogen and oxygen atoms in total. The number of carbonyl (C=O) groups excluding carboxylic acids is 1. The standard InChI is InChI=1S/C22H28N2O3.2ClH/c1-23-13-15-24(16-14-23)17-18-27-21(25)22(26-2,19-9-5-3-6-10-19)20-11-7-4-8-12-20;;/h3-12H,13-18H2,1-2H3;2*1H. The fourth-order valence-electron chi connectivity index (χ4n) is 3.51. The van der Waals surface area contributed by atoms with Crippen LogP contribution in [0.15, 0.2) is 60.7 Å². The molecule has 29 heavy (non-hydrogen) atoms. The van der Waals surface area contributed by atoms with E-state index in [1.807, 2.05) is 60.7 Å². The highest BCUT2D eigenvalue weighted by molar-refractivity contribution is 5.86. The van der Waals surface area contributed by atoms with Crippen LogP contribution in [0.2, 0.25) is 0 Å². The lowest BCUT2D eigenvalue weighted by Crippen LogP contribution is -2.46. The summed E-state index contributed by atoms with van der Waals surface area (Å²) in [6, 6.07) is 19.1. The zero-order chi connectivity index (χ0) is 19.1. The van der Waals surface area contributed by atoms with Gasteiger partial charge in [-0.15, -0.1) is 24.8 Å². The highest BCUT2D eigenvalue weighted by Gasteiger charge is 2.44. The quantitative estimate of drug-likeness (QED) is 0.618. The fourth-order valence-corrected chi connectivity index (χ4v) is 3.51. The highest BCUT2D eigenvalue weighted by atomic mass is 35.5. The number of esters is 1. The average Bonchev–Trinajstić information content (AvgIpc) is 2.72. The number of carbonyl (C=O) groups is 1. The van der Waals surface area contributed by atoms with E-state index in [2.05, 4.69) is 16.8 Å². The van der Waals surface area contributed by atoms with Crippen molar-refractivity contribution in [1.82, 2.24) is 9.80 Å². The maximum atomic E-state index is 13.2. The van der Waals surface area contributed by atoms with Gasteiger partial charge >= 0.3 is 5.97 Å². The number of likely N-dealkylation sites (N-methyl/N-ethyl adjacent to an activating group) is 1. The van der Waals surface area contributed by atoms with Gasteiger partial charge in [-0.05, 0) is 18.2 Å². The summed E-state index contributed by atoms with van der Waals surface area (Å²) >= 11 is 0. The minimum Gasteiger partial charge on any atom is -0.462 e. The molecular formula is C22H30Cl2N2O3. The Morgan fingerprint density at radius 3 is 1.83 bits per heavy atom. The largest absolute Gasteiger partial charge is 0.462 e. The molecule has 0 spiro atoms. The second kappa shape index (κ2) is 12.2. The first-order valence-electron chi connectivity index (χ1n) is 9.41. The fraction of sp³-hybridized carbons (Fsp3) is 0.409. The lowest BCUT2D eigenvalue weighted by molar-refractivity contribution is -0.166. The van der Waals surface area contributed by atoms with Gasteiger partial charge in [-0.1, -0.05) is 60.7 Å². The number of rotatable bonds is 7. The minimum atomic E-state index is -1.26. The first-order chi connectivity index (χ1) is 13.2. The normalized spacial score (nSPS) is 15.1. The molecule has 0 radical (unpaired) electrons. The van der Waals surface area contributed by atoms with Crippen LogP contribution in [0.3, 0.4) is 0 Å². The number of ether oxygens (including phenoxy) is 2. The zero-order valence-electron chi connectivity index (χ0n) is 17.0. The van der Waals surface area contributed by atoms with Crippen LogP contribution in [0.25, 0.3) is 0 Å². The van der Waals surface area contributed by atoms with Gasteiger partial charge in [0.25, 0.3) is 0 Å². The molecule has 0 bridgehead atoms. The Hall–Kier alpha value is -1.63. The van der Waals surface area contributed by atoms with E-state index >= 15 is 0 Å². The van der Waals surface area contributed by atoms with Crippen LogP contribution >= 0.6 is 24.8 Å². The van der Waals surface area contributed by atoms with Gasteiger partial charge in [-0.25, -0.2) is 4.79 Å². The van der Waals surface area contributed by atoms with Gasteiger partial charge in [-0.2, -0.15) is 0 Å². The van der Waals surface area contributed by atoms with Crippen molar-refractivity contribution in [2.24, 2.45) is 0 Å². The third kappa shape index (κ3) is 5.93. The number of halogens is 2. The zero-order valence-corrected chi connectivity index (χ0v) is 18.6. The van der Waals surface area contributed by atoms with Crippen molar-refractivity contribution in [2.45, 2.75) is 5.60 Å². The molecule has 0 saturated carbocycles. The van der Waals surface area contributed by atoms with Crippen LogP contribution in [0, 0.1) is 0 Å². The molecule has 1 fully saturated rings. The van der Waals surface area contributed by atoms with Crippen LogP contribution in [-0.4, -0.2) is 69.3 Å². The maximum absolute atomic E-state index is 13.2. The summed E-state index contributed by atoms with van der Waals surface area (Å²) in [6.45, 7) is 5.19. The van der Waals surface area contributed by atoms with Crippen molar-refractivity contribution in [3.05, 3.63) is 71.8 Å². The van der Waals surface area contributed by atoms with Crippen molar-refractivity contribution >= 4 is 30.8 Å². The summed E-state index contributed by atoms with van der Waals surface area (Å²) < 4.78 is 11.6. The molecule has 0 amide bonds. The Morgan fingerprint density at radius 2 is 1.38 bits per heavy atom. The summed E-state index contributed by atoms with van der Waals surface area (Å²) in [6.07, 6.45) is 0. The molecule has 1 aliphatic heterocycles. The van der Waals surface area contributed by atoms with E-state index in [-0.39, 0.29) is 30.8 Å². The van der Waals surface area contributed by atoms with Gasteiger partial charge in [0.05, 0.1) is 0 Å². The van der Waals surface area contributed by atoms with Crippen LogP contribution in [0.4, 0.5) is 0 Å². The Labute approximate surface area is 185 Å². The Balaban J connectivity index is 0.00000210. The Kier molecular flexibility index (Phi) is 10.6. The number of piperazine rings is 1. The number of hydrogen-bond acceptors (Lipinski definition) is 5. The second-order valence-electron chi connectivity index (χ2n) is 6.90. The average molecular weight is 441 g/mol. The number of hydrogen-bond donors (Lipinski definition) is 0. The lowest BCUT2D eigenvalue weighted by atomic mass is 9.86. The van der Waals surface area contributed by atoms with Crippen molar-refractivity contribution in [2.75, 3.05) is 53.5 Å². The summed E-state index contributed by atoms with van der Waals surface area (Å²) in [7, 11) is 3.69. The van der Waals surface area contributed by atoms with E-state index in [4.69, 9.17) is 9.47 Å². The van der Waals surface area contributed by atoms with E-state index in [0.29, 0.717) is 6.61 Å². The predicted molar refractivity (Wildman–Crippen MR) is 120 cm³/mol. The monoisotopic (exact) mass is 440 g/mol. The first kappa shape index (κ1) is 25.4. The minimum absolute atomic E-state index is 0. The lowest BCUT2D eigenvalue weighted by Gasteiger charge is -2.33. The molecule has 2 aromatic rings. The van der Waals surface area contributed by atoms with Crippen LogP contribution in [-0.2, 0) is 19.9 Å². The Morgan fingerprint density at radius 1 is 0.897 bits per heavy atom. The van der Waals surface area contributed by atoms with Crippen molar-refractivity contribution in [3.63, 3.8) is 0 Å². The van der Waals surface area contributed by atoms with E-state index in [9.17, 15) is 4.79 Å². The molecule has 160 valence electrons. The molecule has 1 aliphatic rings. The molecule has 7 heteroatoms. The molecule has 0 aromatic heterocycles. The van der Waals surface area contributed by atoms with Crippen LogP contribution in [0.1, 0.15) is 11.1 Å². The van der Waals surface area contributed by atoms with Crippen LogP contribution < -0.4 is 0 Å². The summed E-state index contributed by atoms with van der Waals surface area (Å²) in [5, 5.41) is 0. The third-order valence-corrected chi connectivity index (χ3v) is 5.19. The van der Waals surface area contributed by atoms with E-state index in [1.54, 1.807) is 7.11 Å². The Bertz CT molecular complexity index is 684. The van der Waals surface area contributed by atoms with E-state index in [1.165, 1.54) is 0 Å². The van der Waals surface area contributed by atoms with Crippen molar-refractivity contribution in [3.8, 4) is 0 Å². The number of nitrogens with zero attached hydrogens (tertiary/aromatic N) is 2. The molecule has 0 unspecified atom stereocenters. The molecule has 0 aliphatic carbocycles. The molecule has 0 N–H and O–H groups in total. The van der Waals surface area contributed by atoms with Crippen LogP contribution in [0.5, 0.6) is 0 Å². The van der Waals surface area contributed by atoms with Crippen molar-refractivity contribution in [1.29, 1.82) is 0 Å². The van der Waals surface area contributed by atoms with Gasteiger partial charge < -0.3 is 14.4 Å². The SMILES string of the molecule is COC(C(=O)OCCN1CCN(C)CC1)(c1ccccc1)c1ccccc1.Cl.Cl. The molecule has 2 aromatic carbocycles. The van der Waals surface area contributed by atoms with Gasteiger partial charge in [-0.3, -0.25) is 4.90 Å². The summed E-state index contributed by atoms with van der Waals surface area (Å²) in [5.74, 6) is -0.378. The van der Waals surface area contributed by atoms with E-state index < -0.39 is 5.60 Å². The molecular weight excluding hydrogens is 411 g/mol. The van der Waals surface area contributed by atoms with Gasteiger partial charge in [0, 0.05) is 39.8 Å². The second-order valence-corrected chi connectivity index (χ2v) is 6.90. The number of methoxy groups -OCH3 is 1. The van der Waals surface area contributed by atoms with Crippen molar-refractivity contribution < 1.29 is 14.3 Å². The predicted octanol–water partition coefficient (Wildman–Crippen LogP) is 3.21. The molecule has 3 rings (SSSR count).